The molecule has 0 atom stereocenters. The van der Waals surface area contributed by atoms with Crippen LogP contribution in [0.25, 0.3) is 27.5 Å². The number of guanidine groups is 2. The van der Waals surface area contributed by atoms with E-state index in [1.165, 1.54) is 10.8 Å². The highest BCUT2D eigenvalue weighted by molar-refractivity contribution is 6.09. The predicted molar refractivity (Wildman–Crippen MR) is 108 cm³/mol. The van der Waals surface area contributed by atoms with E-state index in [0.29, 0.717) is 5.69 Å². The van der Waals surface area contributed by atoms with E-state index in [9.17, 15) is 0 Å². The summed E-state index contributed by atoms with van der Waals surface area (Å²) in [5.74, 6) is -0.112. The zero-order chi connectivity index (χ0) is 18.1. The molecule has 1 heterocycles. The number of benzene rings is 3. The summed E-state index contributed by atoms with van der Waals surface area (Å²) in [6.45, 7) is 0. The molecule has 0 aliphatic heterocycles. The molecule has 0 aliphatic carbocycles. The Morgan fingerprint density at radius 2 is 1.23 bits per heavy atom. The Bertz CT molecular complexity index is 1110. The standard InChI is InChI=1S/C20H18N6/c21-19(22)25-20(23)24-15-9-3-6-12-18(15)26-16-10-4-1-7-13(16)14-8-2-5-11-17(14)26/h1-12H,(H6,21,22,23,24,25). The topological polar surface area (TPSA) is 108 Å². The van der Waals surface area contributed by atoms with Crippen molar-refractivity contribution in [3.8, 4) is 5.69 Å². The van der Waals surface area contributed by atoms with Gasteiger partial charge in [-0.3, -0.25) is 0 Å². The van der Waals surface area contributed by atoms with Gasteiger partial charge in [0.1, 0.15) is 0 Å². The zero-order valence-corrected chi connectivity index (χ0v) is 14.0. The summed E-state index contributed by atoms with van der Waals surface area (Å²) in [6, 6.07) is 24.3. The van der Waals surface area contributed by atoms with Gasteiger partial charge >= 0.3 is 0 Å². The molecule has 6 N–H and O–H groups in total. The highest BCUT2D eigenvalue weighted by atomic mass is 15.1. The molecule has 6 heteroatoms. The van der Waals surface area contributed by atoms with E-state index in [-0.39, 0.29) is 11.9 Å². The van der Waals surface area contributed by atoms with Crippen LogP contribution in [0.4, 0.5) is 5.69 Å². The molecule has 4 rings (SSSR count). The Kier molecular flexibility index (Phi) is 3.78. The first-order valence-corrected chi connectivity index (χ1v) is 8.16. The third kappa shape index (κ3) is 2.63. The van der Waals surface area contributed by atoms with Gasteiger partial charge in [0.05, 0.1) is 22.4 Å². The molecule has 0 amide bonds. The van der Waals surface area contributed by atoms with Crippen LogP contribution in [0.2, 0.25) is 0 Å². The minimum Gasteiger partial charge on any atom is -0.370 e. The summed E-state index contributed by atoms with van der Waals surface area (Å²) < 4.78 is 2.17. The van der Waals surface area contributed by atoms with Crippen molar-refractivity contribution < 1.29 is 0 Å². The molecule has 26 heavy (non-hydrogen) atoms. The van der Waals surface area contributed by atoms with Crippen molar-refractivity contribution in [3.63, 3.8) is 0 Å². The van der Waals surface area contributed by atoms with E-state index in [4.69, 9.17) is 17.2 Å². The summed E-state index contributed by atoms with van der Waals surface area (Å²) in [5.41, 5.74) is 20.4. The van der Waals surface area contributed by atoms with E-state index in [0.717, 1.165) is 16.7 Å². The summed E-state index contributed by atoms with van der Waals surface area (Å²) in [6.07, 6.45) is 0. The van der Waals surface area contributed by atoms with E-state index in [2.05, 4.69) is 38.8 Å². The maximum absolute atomic E-state index is 5.85. The Morgan fingerprint density at radius 3 is 1.85 bits per heavy atom. The number of aromatic nitrogens is 1. The molecule has 4 aromatic rings. The van der Waals surface area contributed by atoms with Crippen LogP contribution >= 0.6 is 0 Å². The third-order valence-corrected chi connectivity index (χ3v) is 4.18. The molecular formula is C20H18N6. The molecule has 0 bridgehead atoms. The van der Waals surface area contributed by atoms with Crippen LogP contribution in [-0.4, -0.2) is 16.5 Å². The molecule has 0 saturated carbocycles. The molecule has 0 unspecified atom stereocenters. The van der Waals surface area contributed by atoms with Crippen LogP contribution < -0.4 is 17.2 Å². The highest BCUT2D eigenvalue weighted by Crippen LogP contribution is 2.35. The second kappa shape index (κ2) is 6.25. The van der Waals surface area contributed by atoms with Gasteiger partial charge in [0.2, 0.25) is 5.96 Å². The van der Waals surface area contributed by atoms with Crippen molar-refractivity contribution >= 4 is 39.4 Å². The first-order chi connectivity index (χ1) is 12.6. The molecule has 1 aromatic heterocycles. The number of nitrogens with zero attached hydrogens (tertiary/aromatic N) is 3. The number of nitrogens with two attached hydrogens (primary N) is 3. The lowest BCUT2D eigenvalue weighted by Crippen LogP contribution is -2.26. The summed E-state index contributed by atoms with van der Waals surface area (Å²) in [7, 11) is 0. The van der Waals surface area contributed by atoms with Gasteiger partial charge in [0, 0.05) is 10.8 Å². The van der Waals surface area contributed by atoms with Gasteiger partial charge in [-0.1, -0.05) is 48.5 Å². The molecule has 6 nitrogen and oxygen atoms in total. The molecule has 0 spiro atoms. The van der Waals surface area contributed by atoms with Crippen molar-refractivity contribution in [1.29, 1.82) is 0 Å². The number of para-hydroxylation sites is 4. The van der Waals surface area contributed by atoms with Crippen LogP contribution in [0, 0.1) is 0 Å². The lowest BCUT2D eigenvalue weighted by atomic mass is 10.2. The maximum Gasteiger partial charge on any atom is 0.223 e. The number of fused-ring (bicyclic) bond motifs is 3. The fourth-order valence-electron chi connectivity index (χ4n) is 3.21. The first kappa shape index (κ1) is 15.7. The zero-order valence-electron chi connectivity index (χ0n) is 14.0. The average Bonchev–Trinajstić information content (AvgIpc) is 2.96. The molecule has 0 radical (unpaired) electrons. The first-order valence-electron chi connectivity index (χ1n) is 8.16. The van der Waals surface area contributed by atoms with Crippen LogP contribution in [0.1, 0.15) is 0 Å². The summed E-state index contributed by atoms with van der Waals surface area (Å²) in [5, 5.41) is 2.36. The van der Waals surface area contributed by atoms with Crippen molar-refractivity contribution in [3.05, 3.63) is 72.8 Å². The Balaban J connectivity index is 2.04. The number of rotatable bonds is 2. The van der Waals surface area contributed by atoms with E-state index in [1.807, 2.05) is 48.5 Å². The van der Waals surface area contributed by atoms with Gasteiger partial charge in [-0.05, 0) is 24.3 Å². The van der Waals surface area contributed by atoms with Crippen LogP contribution in [0.15, 0.2) is 82.8 Å². The minimum absolute atomic E-state index is 0.0122. The fraction of sp³-hybridized carbons (Fsp3) is 0. The van der Waals surface area contributed by atoms with Gasteiger partial charge in [0.25, 0.3) is 0 Å². The second-order valence-corrected chi connectivity index (χ2v) is 5.87. The Labute approximate surface area is 150 Å². The number of aliphatic imine (C=N–C) groups is 2. The molecule has 3 aromatic carbocycles. The predicted octanol–water partition coefficient (Wildman–Crippen LogP) is 3.00. The van der Waals surface area contributed by atoms with Gasteiger partial charge < -0.3 is 21.8 Å². The molecule has 128 valence electrons. The third-order valence-electron chi connectivity index (χ3n) is 4.18. The van der Waals surface area contributed by atoms with Gasteiger partial charge in [-0.2, -0.15) is 4.99 Å². The van der Waals surface area contributed by atoms with Crippen molar-refractivity contribution in [2.75, 3.05) is 0 Å². The second-order valence-electron chi connectivity index (χ2n) is 5.87. The fourth-order valence-corrected chi connectivity index (χ4v) is 3.21. The van der Waals surface area contributed by atoms with Gasteiger partial charge in [0.15, 0.2) is 5.96 Å². The van der Waals surface area contributed by atoms with Gasteiger partial charge in [-0.25, -0.2) is 4.99 Å². The van der Waals surface area contributed by atoms with Gasteiger partial charge in [-0.15, -0.1) is 0 Å². The minimum atomic E-state index is -0.124. The number of hydrogen-bond donors (Lipinski definition) is 3. The van der Waals surface area contributed by atoms with Crippen molar-refractivity contribution in [1.82, 2.24) is 4.57 Å². The molecule has 0 fully saturated rings. The van der Waals surface area contributed by atoms with E-state index in [1.54, 1.807) is 0 Å². The largest absolute Gasteiger partial charge is 0.370 e. The van der Waals surface area contributed by atoms with Crippen LogP contribution in [0.5, 0.6) is 0 Å². The SMILES string of the molecule is NC(N)=NC(N)=Nc1ccccc1-n1c2ccccc2c2ccccc21. The molecular weight excluding hydrogens is 324 g/mol. The maximum atomic E-state index is 5.85. The number of hydrogen-bond acceptors (Lipinski definition) is 1. The van der Waals surface area contributed by atoms with Crippen molar-refractivity contribution in [2.24, 2.45) is 27.2 Å². The molecule has 0 aliphatic rings. The Hall–Kier alpha value is -3.80. The van der Waals surface area contributed by atoms with Crippen LogP contribution in [0.3, 0.4) is 0 Å². The quantitative estimate of drug-likeness (QED) is 0.385. The normalized spacial score (nSPS) is 11.8. The van der Waals surface area contributed by atoms with Crippen LogP contribution in [-0.2, 0) is 0 Å². The van der Waals surface area contributed by atoms with Crippen molar-refractivity contribution in [2.45, 2.75) is 0 Å². The molecule has 0 saturated heterocycles. The summed E-state index contributed by atoms with van der Waals surface area (Å²) >= 11 is 0. The smallest absolute Gasteiger partial charge is 0.223 e. The van der Waals surface area contributed by atoms with E-state index < -0.39 is 0 Å². The van der Waals surface area contributed by atoms with E-state index >= 15 is 0 Å². The summed E-state index contributed by atoms with van der Waals surface area (Å²) in [4.78, 5) is 8.21. The monoisotopic (exact) mass is 342 g/mol. The Morgan fingerprint density at radius 1 is 0.692 bits per heavy atom. The highest BCUT2D eigenvalue weighted by Gasteiger charge is 2.13. The average molecular weight is 342 g/mol. The lowest BCUT2D eigenvalue weighted by Gasteiger charge is -2.11. The lowest BCUT2D eigenvalue weighted by molar-refractivity contribution is 1.17.